The van der Waals surface area contributed by atoms with Crippen molar-refractivity contribution in [2.45, 2.75) is 0 Å². The monoisotopic (exact) mass is 610 g/mol. The number of rotatable bonds is 4. The van der Waals surface area contributed by atoms with Crippen LogP contribution in [0.25, 0.3) is 77.2 Å². The Morgan fingerprint density at radius 2 is 0.917 bits per heavy atom. The first-order valence-corrected chi connectivity index (χ1v) is 15.9. The fraction of sp³-hybridized carbons (Fsp3) is 0. The van der Waals surface area contributed by atoms with Crippen LogP contribution in [0.15, 0.2) is 158 Å². The molecule has 4 nitrogen and oxygen atoms in total. The van der Waals surface area contributed by atoms with Crippen LogP contribution in [0.1, 0.15) is 11.1 Å². The van der Waals surface area contributed by atoms with Crippen LogP contribution < -0.4 is 0 Å². The molecule has 0 unspecified atom stereocenters. The third-order valence-corrected chi connectivity index (χ3v) is 9.39. The van der Waals surface area contributed by atoms with Crippen molar-refractivity contribution < 1.29 is 0 Å². The average molecular weight is 611 g/mol. The van der Waals surface area contributed by atoms with Crippen molar-refractivity contribution in [1.29, 1.82) is 10.5 Å². The Morgan fingerprint density at radius 3 is 1.46 bits per heavy atom. The molecule has 0 aliphatic rings. The van der Waals surface area contributed by atoms with Gasteiger partial charge in [0.05, 0.1) is 51.0 Å². The Bertz CT molecular complexity index is 2710. The molecule has 0 N–H and O–H groups in total. The molecule has 0 fully saturated rings. The maximum atomic E-state index is 10.3. The molecule has 0 atom stereocenters. The van der Waals surface area contributed by atoms with Gasteiger partial charge in [0.2, 0.25) is 0 Å². The number of para-hydroxylation sites is 4. The lowest BCUT2D eigenvalue weighted by molar-refractivity contribution is 1.18. The van der Waals surface area contributed by atoms with Gasteiger partial charge < -0.3 is 9.13 Å². The summed E-state index contributed by atoms with van der Waals surface area (Å²) >= 11 is 0. The van der Waals surface area contributed by atoms with Crippen LogP contribution in [0.3, 0.4) is 0 Å². The van der Waals surface area contributed by atoms with Gasteiger partial charge in [0.15, 0.2) is 0 Å². The predicted octanol–water partition coefficient (Wildman–Crippen LogP) is 11.0. The van der Waals surface area contributed by atoms with E-state index in [4.69, 9.17) is 0 Å². The van der Waals surface area contributed by atoms with E-state index in [-0.39, 0.29) is 0 Å². The minimum atomic E-state index is 0.595. The lowest BCUT2D eigenvalue weighted by Crippen LogP contribution is -1.99. The molecule has 0 bridgehead atoms. The summed E-state index contributed by atoms with van der Waals surface area (Å²) in [5.74, 6) is 0. The van der Waals surface area contributed by atoms with E-state index in [1.807, 2.05) is 36.4 Å². The van der Waals surface area contributed by atoms with Gasteiger partial charge in [-0.2, -0.15) is 10.5 Å². The van der Waals surface area contributed by atoms with E-state index in [1.165, 1.54) is 10.8 Å². The maximum absolute atomic E-state index is 10.3. The first kappa shape index (κ1) is 27.4. The van der Waals surface area contributed by atoms with Crippen molar-refractivity contribution in [3.8, 4) is 45.8 Å². The van der Waals surface area contributed by atoms with Crippen LogP contribution in [0.4, 0.5) is 0 Å². The number of hydrogen-bond donors (Lipinski definition) is 0. The molecule has 0 aliphatic heterocycles. The molecule has 2 aromatic heterocycles. The Kier molecular flexibility index (Phi) is 6.22. The third-order valence-electron chi connectivity index (χ3n) is 9.39. The number of nitrogens with zero attached hydrogens (tertiary/aromatic N) is 4. The van der Waals surface area contributed by atoms with Gasteiger partial charge in [-0.25, -0.2) is 0 Å². The number of benzene rings is 7. The molecule has 48 heavy (non-hydrogen) atoms. The smallest absolute Gasteiger partial charge is 0.0998 e. The van der Waals surface area contributed by atoms with Crippen molar-refractivity contribution in [3.05, 3.63) is 169 Å². The van der Waals surface area contributed by atoms with E-state index >= 15 is 0 Å². The molecule has 0 amide bonds. The Morgan fingerprint density at radius 1 is 0.396 bits per heavy atom. The van der Waals surface area contributed by atoms with E-state index in [1.54, 1.807) is 0 Å². The average Bonchev–Trinajstić information content (AvgIpc) is 3.67. The molecular formula is C44H26N4. The Balaban J connectivity index is 1.25. The zero-order valence-electron chi connectivity index (χ0n) is 25.8. The van der Waals surface area contributed by atoms with Crippen LogP contribution >= 0.6 is 0 Å². The molecule has 2 heterocycles. The van der Waals surface area contributed by atoms with Crippen LogP contribution in [0.5, 0.6) is 0 Å². The van der Waals surface area contributed by atoms with E-state index in [9.17, 15) is 10.5 Å². The fourth-order valence-electron chi connectivity index (χ4n) is 7.28. The molecule has 7 aromatic carbocycles. The highest BCUT2D eigenvalue weighted by molar-refractivity contribution is 6.10. The van der Waals surface area contributed by atoms with Gasteiger partial charge in [-0.3, -0.25) is 0 Å². The van der Waals surface area contributed by atoms with Gasteiger partial charge in [0, 0.05) is 38.4 Å². The highest BCUT2D eigenvalue weighted by Gasteiger charge is 2.18. The second-order valence-electron chi connectivity index (χ2n) is 12.0. The normalized spacial score (nSPS) is 11.3. The minimum absolute atomic E-state index is 0.595. The highest BCUT2D eigenvalue weighted by Crippen LogP contribution is 2.39. The molecule has 0 aliphatic carbocycles. The lowest BCUT2D eigenvalue weighted by Gasteiger charge is -2.16. The van der Waals surface area contributed by atoms with E-state index < -0.39 is 0 Å². The second-order valence-corrected chi connectivity index (χ2v) is 12.0. The van der Waals surface area contributed by atoms with Crippen molar-refractivity contribution in [1.82, 2.24) is 9.13 Å². The summed E-state index contributed by atoms with van der Waals surface area (Å²) in [5, 5.41) is 24.9. The van der Waals surface area contributed by atoms with Gasteiger partial charge in [-0.15, -0.1) is 0 Å². The number of fused-ring (bicyclic) bond motifs is 6. The zero-order chi connectivity index (χ0) is 32.2. The molecular weight excluding hydrogens is 585 g/mol. The van der Waals surface area contributed by atoms with Crippen LogP contribution in [0.2, 0.25) is 0 Å². The summed E-state index contributed by atoms with van der Waals surface area (Å²) in [6.07, 6.45) is 0. The van der Waals surface area contributed by atoms with Gasteiger partial charge in [-0.05, 0) is 71.8 Å². The van der Waals surface area contributed by atoms with Gasteiger partial charge in [0.25, 0.3) is 0 Å². The van der Waals surface area contributed by atoms with Gasteiger partial charge >= 0.3 is 0 Å². The predicted molar refractivity (Wildman–Crippen MR) is 195 cm³/mol. The van der Waals surface area contributed by atoms with Gasteiger partial charge in [-0.1, -0.05) is 97.1 Å². The summed E-state index contributed by atoms with van der Waals surface area (Å²) < 4.78 is 4.54. The summed E-state index contributed by atoms with van der Waals surface area (Å²) in [6, 6.07) is 58.9. The summed E-state index contributed by atoms with van der Waals surface area (Å²) in [7, 11) is 0. The highest BCUT2D eigenvalue weighted by atomic mass is 15.0. The third kappa shape index (κ3) is 4.14. The molecule has 0 spiro atoms. The zero-order valence-corrected chi connectivity index (χ0v) is 25.8. The molecule has 9 aromatic rings. The maximum Gasteiger partial charge on any atom is 0.0998 e. The summed E-state index contributed by atoms with van der Waals surface area (Å²) in [6.45, 7) is 0. The van der Waals surface area contributed by atoms with Crippen LogP contribution in [0, 0.1) is 22.7 Å². The quantitative estimate of drug-likeness (QED) is 0.199. The topological polar surface area (TPSA) is 57.4 Å². The standard InChI is InChI=1S/C44H26N4/c45-27-29-20-23-34(44(24-29)48-42-18-7-3-14-37(42)38-15-4-8-19-43(38)48)30-10-9-11-31(25-30)39-26-33(22-21-32(39)28-46)47-40-16-5-1-12-35(40)36-13-2-6-17-41(36)47/h1-26H. The molecule has 0 saturated carbocycles. The summed E-state index contributed by atoms with van der Waals surface area (Å²) in [5.41, 5.74) is 11.4. The molecule has 0 saturated heterocycles. The van der Waals surface area contributed by atoms with Crippen molar-refractivity contribution in [2.24, 2.45) is 0 Å². The Hall–Kier alpha value is -6.88. The molecule has 0 radical (unpaired) electrons. The first-order valence-electron chi connectivity index (χ1n) is 15.9. The van der Waals surface area contributed by atoms with Crippen LogP contribution in [-0.4, -0.2) is 9.13 Å². The second kappa shape index (κ2) is 10.9. The van der Waals surface area contributed by atoms with Crippen molar-refractivity contribution in [3.63, 3.8) is 0 Å². The molecule has 9 rings (SSSR count). The molecule has 4 heteroatoms. The van der Waals surface area contributed by atoms with E-state index in [0.29, 0.717) is 11.1 Å². The van der Waals surface area contributed by atoms with E-state index in [2.05, 4.69) is 143 Å². The van der Waals surface area contributed by atoms with Crippen molar-refractivity contribution in [2.75, 3.05) is 0 Å². The van der Waals surface area contributed by atoms with Crippen molar-refractivity contribution >= 4 is 43.6 Å². The van der Waals surface area contributed by atoms with Crippen LogP contribution in [-0.2, 0) is 0 Å². The Labute approximate surface area is 277 Å². The fourth-order valence-corrected chi connectivity index (χ4v) is 7.28. The van der Waals surface area contributed by atoms with E-state index in [0.717, 1.165) is 66.5 Å². The minimum Gasteiger partial charge on any atom is -0.309 e. The number of nitriles is 2. The lowest BCUT2D eigenvalue weighted by atomic mass is 9.94. The summed E-state index contributed by atoms with van der Waals surface area (Å²) in [4.78, 5) is 0. The van der Waals surface area contributed by atoms with Gasteiger partial charge in [0.1, 0.15) is 0 Å². The first-order chi connectivity index (χ1) is 23.7. The number of aromatic nitrogens is 2. The SMILES string of the molecule is N#Cc1ccc(-c2cccc(-c3cc(-n4c5ccccc5c5ccccc54)ccc3C#N)c2)c(-n2c3ccccc3c3ccccc32)c1. The largest absolute Gasteiger partial charge is 0.309 e. The molecule has 222 valence electrons. The number of hydrogen-bond acceptors (Lipinski definition) is 2.